The van der Waals surface area contributed by atoms with E-state index in [2.05, 4.69) is 27.3 Å². The predicted octanol–water partition coefficient (Wildman–Crippen LogP) is 7.84. The molecule has 4 aromatic rings. The summed E-state index contributed by atoms with van der Waals surface area (Å²) in [6, 6.07) is 18.9. The summed E-state index contributed by atoms with van der Waals surface area (Å²) >= 11 is 15.8. The molecular formula is C24H17BrCl2N2O. The number of nitrogens with one attached hydrogen (secondary N) is 1. The molecule has 1 aromatic heterocycles. The molecule has 0 fully saturated rings. The van der Waals surface area contributed by atoms with Crippen LogP contribution in [0.15, 0.2) is 65.1 Å². The minimum absolute atomic E-state index is 0.269. The molecule has 0 atom stereocenters. The number of pyridine rings is 1. The predicted molar refractivity (Wildman–Crippen MR) is 129 cm³/mol. The number of anilines is 1. The average molecular weight is 500 g/mol. The Morgan fingerprint density at radius 3 is 2.47 bits per heavy atom. The van der Waals surface area contributed by atoms with Crippen molar-refractivity contribution in [2.75, 3.05) is 5.32 Å². The van der Waals surface area contributed by atoms with E-state index in [9.17, 15) is 4.79 Å². The van der Waals surface area contributed by atoms with Crippen LogP contribution < -0.4 is 5.32 Å². The summed E-state index contributed by atoms with van der Waals surface area (Å²) < 4.78 is 0.979. The number of hydrogen-bond acceptors (Lipinski definition) is 2. The van der Waals surface area contributed by atoms with Gasteiger partial charge in [0, 0.05) is 15.4 Å². The molecule has 6 heteroatoms. The maximum atomic E-state index is 13.3. The minimum Gasteiger partial charge on any atom is -0.321 e. The zero-order chi connectivity index (χ0) is 21.4. The lowest BCUT2D eigenvalue weighted by Gasteiger charge is -2.14. The van der Waals surface area contributed by atoms with Crippen LogP contribution in [0.5, 0.6) is 0 Å². The van der Waals surface area contributed by atoms with E-state index in [0.717, 1.165) is 37.8 Å². The van der Waals surface area contributed by atoms with Crippen molar-refractivity contribution in [2.24, 2.45) is 0 Å². The molecule has 3 aromatic carbocycles. The molecule has 1 N–H and O–H groups in total. The van der Waals surface area contributed by atoms with Crippen molar-refractivity contribution in [1.82, 2.24) is 4.98 Å². The molecule has 0 aliphatic rings. The molecule has 0 aliphatic carbocycles. The standard InChI is InChI=1S/C24H17BrCl2N2O/c1-13-10-14(2)23-17(11-13)18(12-21(28-23)15-6-8-16(25)9-7-15)24(30)29-20-5-3-4-19(26)22(20)27/h3-12H,1-2H3,(H,29,30). The molecule has 3 nitrogen and oxygen atoms in total. The van der Waals surface area contributed by atoms with E-state index in [1.54, 1.807) is 18.2 Å². The smallest absolute Gasteiger partial charge is 0.256 e. The monoisotopic (exact) mass is 498 g/mol. The lowest BCUT2D eigenvalue weighted by Crippen LogP contribution is -2.14. The van der Waals surface area contributed by atoms with Gasteiger partial charge in [-0.1, -0.05) is 69.0 Å². The third kappa shape index (κ3) is 4.08. The molecule has 0 unspecified atom stereocenters. The normalized spacial score (nSPS) is 11.0. The van der Waals surface area contributed by atoms with Gasteiger partial charge in [-0.3, -0.25) is 4.79 Å². The van der Waals surface area contributed by atoms with Gasteiger partial charge in [-0.25, -0.2) is 4.98 Å². The van der Waals surface area contributed by atoms with Crippen molar-refractivity contribution in [3.8, 4) is 11.3 Å². The Kier molecular flexibility index (Phi) is 5.83. The van der Waals surface area contributed by atoms with Gasteiger partial charge in [0.25, 0.3) is 5.91 Å². The summed E-state index contributed by atoms with van der Waals surface area (Å²) in [6.07, 6.45) is 0. The highest BCUT2D eigenvalue weighted by Crippen LogP contribution is 2.32. The molecule has 0 radical (unpaired) electrons. The van der Waals surface area contributed by atoms with E-state index in [0.29, 0.717) is 21.3 Å². The number of benzene rings is 3. The number of carbonyl (C=O) groups is 1. The maximum Gasteiger partial charge on any atom is 0.256 e. The van der Waals surface area contributed by atoms with E-state index >= 15 is 0 Å². The topological polar surface area (TPSA) is 42.0 Å². The van der Waals surface area contributed by atoms with Gasteiger partial charge in [0.05, 0.1) is 32.5 Å². The summed E-state index contributed by atoms with van der Waals surface area (Å²) in [5, 5.41) is 4.39. The van der Waals surface area contributed by atoms with Crippen LogP contribution in [0.4, 0.5) is 5.69 Å². The Morgan fingerprint density at radius 2 is 1.73 bits per heavy atom. The van der Waals surface area contributed by atoms with Gasteiger partial charge in [-0.15, -0.1) is 0 Å². The molecule has 0 aliphatic heterocycles. The molecule has 30 heavy (non-hydrogen) atoms. The fourth-order valence-electron chi connectivity index (χ4n) is 3.43. The van der Waals surface area contributed by atoms with Crippen molar-refractivity contribution in [3.05, 3.63) is 91.9 Å². The quantitative estimate of drug-likeness (QED) is 0.312. The van der Waals surface area contributed by atoms with E-state index in [4.69, 9.17) is 28.2 Å². The van der Waals surface area contributed by atoms with E-state index in [1.807, 2.05) is 50.2 Å². The zero-order valence-electron chi connectivity index (χ0n) is 16.3. The molecule has 150 valence electrons. The van der Waals surface area contributed by atoms with E-state index in [-0.39, 0.29) is 5.91 Å². The van der Waals surface area contributed by atoms with Crippen molar-refractivity contribution in [3.63, 3.8) is 0 Å². The van der Waals surface area contributed by atoms with Crippen LogP contribution in [0, 0.1) is 13.8 Å². The van der Waals surface area contributed by atoms with E-state index in [1.165, 1.54) is 0 Å². The van der Waals surface area contributed by atoms with Crippen molar-refractivity contribution in [2.45, 2.75) is 13.8 Å². The first-order valence-electron chi connectivity index (χ1n) is 9.27. The first kappa shape index (κ1) is 20.9. The Labute approximate surface area is 193 Å². The lowest BCUT2D eigenvalue weighted by atomic mass is 9.99. The number of aromatic nitrogens is 1. The summed E-state index contributed by atoms with van der Waals surface area (Å²) in [5.74, 6) is -0.269. The molecule has 4 rings (SSSR count). The Bertz CT molecular complexity index is 1290. The molecule has 0 spiro atoms. The molecular weight excluding hydrogens is 483 g/mol. The third-order valence-electron chi connectivity index (χ3n) is 4.83. The second-order valence-corrected chi connectivity index (χ2v) is 8.80. The fraction of sp³-hybridized carbons (Fsp3) is 0.0833. The summed E-state index contributed by atoms with van der Waals surface area (Å²) in [6.45, 7) is 4.01. The fourth-order valence-corrected chi connectivity index (χ4v) is 4.04. The first-order chi connectivity index (χ1) is 14.3. The largest absolute Gasteiger partial charge is 0.321 e. The molecule has 0 saturated carbocycles. The third-order valence-corrected chi connectivity index (χ3v) is 6.18. The zero-order valence-corrected chi connectivity index (χ0v) is 19.4. The van der Waals surface area contributed by atoms with Crippen LogP contribution in [-0.2, 0) is 0 Å². The Morgan fingerprint density at radius 1 is 1.00 bits per heavy atom. The number of amides is 1. The SMILES string of the molecule is Cc1cc(C)c2nc(-c3ccc(Br)cc3)cc(C(=O)Nc3cccc(Cl)c3Cl)c2c1. The van der Waals surface area contributed by atoms with Gasteiger partial charge in [-0.05, 0) is 55.8 Å². The van der Waals surface area contributed by atoms with Crippen LogP contribution in [0.1, 0.15) is 21.5 Å². The van der Waals surface area contributed by atoms with Gasteiger partial charge in [0.1, 0.15) is 0 Å². The summed E-state index contributed by atoms with van der Waals surface area (Å²) in [4.78, 5) is 18.2. The van der Waals surface area contributed by atoms with Crippen molar-refractivity contribution >= 4 is 61.6 Å². The average Bonchev–Trinajstić information content (AvgIpc) is 2.71. The molecule has 0 saturated heterocycles. The number of rotatable bonds is 3. The van der Waals surface area contributed by atoms with Gasteiger partial charge in [-0.2, -0.15) is 0 Å². The summed E-state index contributed by atoms with van der Waals surface area (Å²) in [7, 11) is 0. The van der Waals surface area contributed by atoms with E-state index < -0.39 is 0 Å². The number of nitrogens with zero attached hydrogens (tertiary/aromatic N) is 1. The minimum atomic E-state index is -0.269. The maximum absolute atomic E-state index is 13.3. The second kappa shape index (κ2) is 8.38. The lowest BCUT2D eigenvalue weighted by molar-refractivity contribution is 0.102. The van der Waals surface area contributed by atoms with Crippen molar-refractivity contribution in [1.29, 1.82) is 0 Å². The second-order valence-electron chi connectivity index (χ2n) is 7.10. The molecule has 0 bridgehead atoms. The number of fused-ring (bicyclic) bond motifs is 1. The molecule has 1 heterocycles. The summed E-state index contributed by atoms with van der Waals surface area (Å²) in [5.41, 5.74) is 5.52. The Hall–Kier alpha value is -2.40. The van der Waals surface area contributed by atoms with Gasteiger partial charge >= 0.3 is 0 Å². The van der Waals surface area contributed by atoms with Crippen molar-refractivity contribution < 1.29 is 4.79 Å². The van der Waals surface area contributed by atoms with Crippen LogP contribution in [0.25, 0.3) is 22.2 Å². The highest BCUT2D eigenvalue weighted by Gasteiger charge is 2.17. The Balaban J connectivity index is 1.89. The van der Waals surface area contributed by atoms with Crippen LogP contribution in [0.2, 0.25) is 10.0 Å². The highest BCUT2D eigenvalue weighted by molar-refractivity contribution is 9.10. The van der Waals surface area contributed by atoms with Crippen LogP contribution >= 0.6 is 39.1 Å². The van der Waals surface area contributed by atoms with Crippen LogP contribution in [0.3, 0.4) is 0 Å². The van der Waals surface area contributed by atoms with Crippen LogP contribution in [-0.4, -0.2) is 10.9 Å². The number of aryl methyl sites for hydroxylation is 2. The van der Waals surface area contributed by atoms with Gasteiger partial charge < -0.3 is 5.32 Å². The first-order valence-corrected chi connectivity index (χ1v) is 10.8. The highest BCUT2D eigenvalue weighted by atomic mass is 79.9. The molecule has 1 amide bonds. The number of carbonyl (C=O) groups excluding carboxylic acids is 1. The number of hydrogen-bond donors (Lipinski definition) is 1. The van der Waals surface area contributed by atoms with Gasteiger partial charge in [0.15, 0.2) is 0 Å². The van der Waals surface area contributed by atoms with Gasteiger partial charge in [0.2, 0.25) is 0 Å². The number of halogens is 3.